The van der Waals surface area contributed by atoms with Crippen LogP contribution in [0.25, 0.3) is 0 Å². The summed E-state index contributed by atoms with van der Waals surface area (Å²) in [6.07, 6.45) is 2.40. The molecule has 3 rings (SSSR count). The van der Waals surface area contributed by atoms with E-state index in [9.17, 15) is 9.59 Å². The highest BCUT2D eigenvalue weighted by Gasteiger charge is 2.29. The third-order valence-corrected chi connectivity index (χ3v) is 5.94. The molecule has 0 bridgehead atoms. The van der Waals surface area contributed by atoms with Crippen LogP contribution in [0.4, 0.5) is 0 Å². The van der Waals surface area contributed by atoms with Gasteiger partial charge in [0, 0.05) is 26.2 Å². The highest BCUT2D eigenvalue weighted by atomic mass is 16.2. The summed E-state index contributed by atoms with van der Waals surface area (Å²) in [5.74, 6) is 0.156. The number of hydrogen-bond donors (Lipinski definition) is 0. The fourth-order valence-electron chi connectivity index (χ4n) is 4.28. The molecule has 154 valence electrons. The molecule has 2 unspecified atom stereocenters. The number of carbonyl (C=O) groups excluding carboxylic acids is 2. The van der Waals surface area contributed by atoms with E-state index < -0.39 is 0 Å². The molecule has 1 aliphatic rings. The summed E-state index contributed by atoms with van der Waals surface area (Å²) in [6.45, 7) is 6.78. The molecule has 0 N–H and O–H groups in total. The van der Waals surface area contributed by atoms with E-state index in [1.165, 1.54) is 0 Å². The van der Waals surface area contributed by atoms with Gasteiger partial charge in [-0.2, -0.15) is 0 Å². The maximum Gasteiger partial charge on any atom is 0.230 e. The summed E-state index contributed by atoms with van der Waals surface area (Å²) < 4.78 is 0. The van der Waals surface area contributed by atoms with Crippen LogP contribution in [0.1, 0.15) is 56.1 Å². The summed E-state index contributed by atoms with van der Waals surface area (Å²) >= 11 is 0. The molecule has 4 nitrogen and oxygen atoms in total. The van der Waals surface area contributed by atoms with Gasteiger partial charge in [-0.25, -0.2) is 0 Å². The quantitative estimate of drug-likeness (QED) is 0.729. The van der Waals surface area contributed by atoms with E-state index in [0.717, 1.165) is 30.4 Å². The second-order valence-corrected chi connectivity index (χ2v) is 7.75. The Morgan fingerprint density at radius 3 is 1.41 bits per heavy atom. The lowest BCUT2D eigenvalue weighted by Gasteiger charge is -2.27. The van der Waals surface area contributed by atoms with Gasteiger partial charge >= 0.3 is 0 Å². The molecule has 0 radical (unpaired) electrons. The predicted molar refractivity (Wildman–Crippen MR) is 117 cm³/mol. The molecule has 1 heterocycles. The Kier molecular flexibility index (Phi) is 7.45. The van der Waals surface area contributed by atoms with Crippen molar-refractivity contribution in [3.8, 4) is 0 Å². The van der Waals surface area contributed by atoms with Gasteiger partial charge in [-0.05, 0) is 30.4 Å². The van der Waals surface area contributed by atoms with E-state index in [1.807, 2.05) is 70.5 Å². The van der Waals surface area contributed by atoms with Gasteiger partial charge in [0.1, 0.15) is 0 Å². The van der Waals surface area contributed by atoms with Crippen molar-refractivity contribution in [3.63, 3.8) is 0 Å². The normalized spacial score (nSPS) is 16.8. The van der Waals surface area contributed by atoms with Crippen molar-refractivity contribution in [1.82, 2.24) is 9.80 Å². The number of amides is 2. The predicted octanol–water partition coefficient (Wildman–Crippen LogP) is 4.43. The first kappa shape index (κ1) is 21.1. The van der Waals surface area contributed by atoms with Crippen molar-refractivity contribution in [2.24, 2.45) is 0 Å². The van der Waals surface area contributed by atoms with Crippen molar-refractivity contribution in [3.05, 3.63) is 71.8 Å². The Bertz CT molecular complexity index is 723. The van der Waals surface area contributed by atoms with E-state index in [-0.39, 0.29) is 23.7 Å². The molecular weight excluding hydrogens is 360 g/mol. The lowest BCUT2D eigenvalue weighted by Crippen LogP contribution is -2.40. The van der Waals surface area contributed by atoms with Gasteiger partial charge in [0.25, 0.3) is 0 Å². The van der Waals surface area contributed by atoms with Gasteiger partial charge in [0.2, 0.25) is 11.8 Å². The first-order chi connectivity index (χ1) is 14.2. The van der Waals surface area contributed by atoms with Crippen LogP contribution < -0.4 is 0 Å². The molecular formula is C25H32N2O2. The maximum atomic E-state index is 13.2. The van der Waals surface area contributed by atoms with Crippen LogP contribution in [0.2, 0.25) is 0 Å². The molecule has 0 aromatic heterocycles. The third kappa shape index (κ3) is 5.06. The molecule has 0 saturated carbocycles. The zero-order valence-electron chi connectivity index (χ0n) is 17.6. The molecule has 29 heavy (non-hydrogen) atoms. The molecule has 1 aliphatic heterocycles. The zero-order valence-corrected chi connectivity index (χ0v) is 17.6. The largest absolute Gasteiger partial charge is 0.340 e. The summed E-state index contributed by atoms with van der Waals surface area (Å²) in [7, 11) is 0. The Morgan fingerprint density at radius 2 is 1.07 bits per heavy atom. The van der Waals surface area contributed by atoms with Crippen LogP contribution in [-0.4, -0.2) is 47.8 Å². The second-order valence-electron chi connectivity index (χ2n) is 7.75. The standard InChI is InChI=1S/C25H32N2O2/c1-3-22(20-12-7-5-8-13-20)24(28)26-16-11-17-27(19-18-26)25(29)23(4-2)21-14-9-6-10-15-21/h5-10,12-15,22-23H,3-4,11,16-19H2,1-2H3. The van der Waals surface area contributed by atoms with E-state index >= 15 is 0 Å². The van der Waals surface area contributed by atoms with Crippen molar-refractivity contribution >= 4 is 11.8 Å². The van der Waals surface area contributed by atoms with Crippen LogP contribution in [0, 0.1) is 0 Å². The van der Waals surface area contributed by atoms with Crippen molar-refractivity contribution in [2.45, 2.75) is 44.9 Å². The Hall–Kier alpha value is -2.62. The highest BCUT2D eigenvalue weighted by Crippen LogP contribution is 2.25. The number of nitrogens with zero attached hydrogens (tertiary/aromatic N) is 2. The summed E-state index contributed by atoms with van der Waals surface area (Å²) in [5.41, 5.74) is 2.15. The topological polar surface area (TPSA) is 40.6 Å². The Labute approximate surface area is 174 Å². The van der Waals surface area contributed by atoms with Crippen molar-refractivity contribution in [2.75, 3.05) is 26.2 Å². The number of hydrogen-bond acceptors (Lipinski definition) is 2. The lowest BCUT2D eigenvalue weighted by molar-refractivity contribution is -0.135. The maximum absolute atomic E-state index is 13.2. The molecule has 2 aromatic carbocycles. The Balaban J connectivity index is 1.66. The van der Waals surface area contributed by atoms with Crippen LogP contribution in [-0.2, 0) is 9.59 Å². The number of carbonyl (C=O) groups is 2. The van der Waals surface area contributed by atoms with Gasteiger partial charge in [-0.1, -0.05) is 74.5 Å². The summed E-state index contributed by atoms with van der Waals surface area (Å²) in [6, 6.07) is 20.0. The summed E-state index contributed by atoms with van der Waals surface area (Å²) in [4.78, 5) is 30.3. The SMILES string of the molecule is CCC(C(=O)N1CCCN(C(=O)C(CC)c2ccccc2)CC1)c1ccccc1. The summed E-state index contributed by atoms with van der Waals surface area (Å²) in [5, 5.41) is 0. The van der Waals surface area contributed by atoms with Gasteiger partial charge in [-0.3, -0.25) is 9.59 Å². The smallest absolute Gasteiger partial charge is 0.230 e. The first-order valence-corrected chi connectivity index (χ1v) is 10.8. The van der Waals surface area contributed by atoms with E-state index in [1.54, 1.807) is 0 Å². The monoisotopic (exact) mass is 392 g/mol. The van der Waals surface area contributed by atoms with Crippen LogP contribution in [0.15, 0.2) is 60.7 Å². The second kappa shape index (κ2) is 10.2. The van der Waals surface area contributed by atoms with Crippen molar-refractivity contribution in [1.29, 1.82) is 0 Å². The van der Waals surface area contributed by atoms with E-state index in [2.05, 4.69) is 13.8 Å². The number of benzene rings is 2. The lowest BCUT2D eigenvalue weighted by atomic mass is 9.95. The molecule has 4 heteroatoms. The minimum Gasteiger partial charge on any atom is -0.340 e. The molecule has 2 aromatic rings. The fraction of sp³-hybridized carbons (Fsp3) is 0.440. The third-order valence-electron chi connectivity index (χ3n) is 5.94. The van der Waals surface area contributed by atoms with Gasteiger partial charge in [0.15, 0.2) is 0 Å². The van der Waals surface area contributed by atoms with Crippen LogP contribution in [0.3, 0.4) is 0 Å². The number of rotatable bonds is 6. The fourth-order valence-corrected chi connectivity index (χ4v) is 4.28. The van der Waals surface area contributed by atoms with Crippen molar-refractivity contribution < 1.29 is 9.59 Å². The molecule has 1 fully saturated rings. The molecule has 1 saturated heterocycles. The van der Waals surface area contributed by atoms with Crippen LogP contribution >= 0.6 is 0 Å². The first-order valence-electron chi connectivity index (χ1n) is 10.8. The van der Waals surface area contributed by atoms with Crippen LogP contribution in [0.5, 0.6) is 0 Å². The van der Waals surface area contributed by atoms with E-state index in [0.29, 0.717) is 26.2 Å². The molecule has 0 aliphatic carbocycles. The molecule has 0 spiro atoms. The molecule has 2 atom stereocenters. The Morgan fingerprint density at radius 1 is 0.690 bits per heavy atom. The molecule has 2 amide bonds. The minimum absolute atomic E-state index is 0.105. The zero-order chi connectivity index (χ0) is 20.6. The van der Waals surface area contributed by atoms with Gasteiger partial charge in [-0.15, -0.1) is 0 Å². The average molecular weight is 393 g/mol. The average Bonchev–Trinajstić information content (AvgIpc) is 3.02. The minimum atomic E-state index is -0.105. The van der Waals surface area contributed by atoms with E-state index in [4.69, 9.17) is 0 Å². The highest BCUT2D eigenvalue weighted by molar-refractivity contribution is 5.85. The van der Waals surface area contributed by atoms with Gasteiger partial charge < -0.3 is 9.80 Å². The van der Waals surface area contributed by atoms with Gasteiger partial charge in [0.05, 0.1) is 11.8 Å².